The summed E-state index contributed by atoms with van der Waals surface area (Å²) in [7, 11) is 0. The molecule has 0 aromatic carbocycles. The zero-order valence-electron chi connectivity index (χ0n) is 10.1. The van der Waals surface area contributed by atoms with Crippen LogP contribution in [0.1, 0.15) is 0 Å². The zero-order valence-corrected chi connectivity index (χ0v) is 10.9. The Kier molecular flexibility index (Phi) is 3.25. The minimum absolute atomic E-state index is 0.417. The molecule has 0 saturated heterocycles. The summed E-state index contributed by atoms with van der Waals surface area (Å²) in [6.07, 6.45) is 5.47. The van der Waals surface area contributed by atoms with Gasteiger partial charge in [0.2, 0.25) is 5.95 Å². The highest BCUT2D eigenvalue weighted by Crippen LogP contribution is 2.25. The SMILES string of the molecule is NNc1nc(NCCn2ccnc2)c2ccsc2n1. The van der Waals surface area contributed by atoms with Crippen molar-refractivity contribution in [1.29, 1.82) is 0 Å². The molecule has 19 heavy (non-hydrogen) atoms. The fourth-order valence-electron chi connectivity index (χ4n) is 1.78. The highest BCUT2D eigenvalue weighted by Gasteiger charge is 2.07. The molecule has 0 spiro atoms. The number of aromatic nitrogens is 4. The third kappa shape index (κ3) is 2.49. The van der Waals surface area contributed by atoms with Crippen molar-refractivity contribution >= 4 is 33.3 Å². The van der Waals surface area contributed by atoms with E-state index in [1.807, 2.05) is 22.2 Å². The second-order valence-electron chi connectivity index (χ2n) is 3.91. The Bertz CT molecular complexity index is 661. The summed E-state index contributed by atoms with van der Waals surface area (Å²) in [5, 5.41) is 6.29. The number of nitrogens with one attached hydrogen (secondary N) is 2. The molecule has 3 heterocycles. The molecule has 98 valence electrons. The van der Waals surface area contributed by atoms with Crippen LogP contribution in [0.15, 0.2) is 30.2 Å². The summed E-state index contributed by atoms with van der Waals surface area (Å²) in [5.41, 5.74) is 2.48. The van der Waals surface area contributed by atoms with Crippen LogP contribution in [0.5, 0.6) is 0 Å². The van der Waals surface area contributed by atoms with Crippen LogP contribution in [0, 0.1) is 0 Å². The first-order valence-electron chi connectivity index (χ1n) is 5.78. The van der Waals surface area contributed by atoms with E-state index in [-0.39, 0.29) is 0 Å². The van der Waals surface area contributed by atoms with Crippen molar-refractivity contribution in [3.05, 3.63) is 30.2 Å². The molecule has 0 unspecified atom stereocenters. The molecule has 0 fully saturated rings. The Morgan fingerprint density at radius 3 is 3.11 bits per heavy atom. The normalized spacial score (nSPS) is 10.8. The van der Waals surface area contributed by atoms with Crippen LogP contribution in [-0.2, 0) is 6.54 Å². The molecule has 4 N–H and O–H groups in total. The average Bonchev–Trinajstić information content (AvgIpc) is 3.08. The maximum atomic E-state index is 5.37. The Morgan fingerprint density at radius 1 is 1.37 bits per heavy atom. The highest BCUT2D eigenvalue weighted by molar-refractivity contribution is 7.16. The van der Waals surface area contributed by atoms with Crippen LogP contribution in [0.4, 0.5) is 11.8 Å². The molecule has 0 saturated carbocycles. The molecular formula is C11H13N7S. The quantitative estimate of drug-likeness (QED) is 0.480. The van der Waals surface area contributed by atoms with Gasteiger partial charge in [-0.05, 0) is 11.4 Å². The molecule has 3 aromatic rings. The molecule has 0 aliphatic heterocycles. The molecule has 8 heteroatoms. The Morgan fingerprint density at radius 2 is 2.32 bits per heavy atom. The van der Waals surface area contributed by atoms with Crippen molar-refractivity contribution in [1.82, 2.24) is 19.5 Å². The van der Waals surface area contributed by atoms with Crippen molar-refractivity contribution in [2.75, 3.05) is 17.3 Å². The van der Waals surface area contributed by atoms with E-state index in [1.165, 1.54) is 0 Å². The van der Waals surface area contributed by atoms with Crippen molar-refractivity contribution < 1.29 is 0 Å². The minimum atomic E-state index is 0.417. The number of anilines is 2. The van der Waals surface area contributed by atoms with E-state index in [4.69, 9.17) is 5.84 Å². The van der Waals surface area contributed by atoms with Gasteiger partial charge in [0.1, 0.15) is 10.6 Å². The third-order valence-corrected chi connectivity index (χ3v) is 3.48. The molecular weight excluding hydrogens is 262 g/mol. The second kappa shape index (κ2) is 5.21. The van der Waals surface area contributed by atoms with Crippen LogP contribution in [-0.4, -0.2) is 26.1 Å². The number of fused-ring (bicyclic) bond motifs is 1. The van der Waals surface area contributed by atoms with Gasteiger partial charge in [0.05, 0.1) is 11.7 Å². The molecule has 0 radical (unpaired) electrons. The van der Waals surface area contributed by atoms with E-state index in [0.29, 0.717) is 5.95 Å². The van der Waals surface area contributed by atoms with Crippen LogP contribution in [0.3, 0.4) is 0 Å². The van der Waals surface area contributed by atoms with Crippen molar-refractivity contribution in [2.45, 2.75) is 6.54 Å². The monoisotopic (exact) mass is 275 g/mol. The number of hydrogen-bond acceptors (Lipinski definition) is 7. The van der Waals surface area contributed by atoms with E-state index in [9.17, 15) is 0 Å². The number of nitrogen functional groups attached to an aromatic ring is 1. The summed E-state index contributed by atoms with van der Waals surface area (Å²) >= 11 is 1.56. The van der Waals surface area contributed by atoms with Crippen LogP contribution >= 0.6 is 11.3 Å². The lowest BCUT2D eigenvalue weighted by Crippen LogP contribution is -2.14. The molecule has 3 aromatic heterocycles. The second-order valence-corrected chi connectivity index (χ2v) is 4.80. The van der Waals surface area contributed by atoms with E-state index in [1.54, 1.807) is 23.9 Å². The molecule has 0 bridgehead atoms. The fourth-order valence-corrected chi connectivity index (χ4v) is 2.54. The van der Waals surface area contributed by atoms with Crippen molar-refractivity contribution in [2.24, 2.45) is 5.84 Å². The molecule has 3 rings (SSSR count). The summed E-state index contributed by atoms with van der Waals surface area (Å²) in [5.74, 6) is 6.58. The summed E-state index contributed by atoms with van der Waals surface area (Å²) < 4.78 is 2.00. The van der Waals surface area contributed by atoms with Gasteiger partial charge in [0.15, 0.2) is 0 Å². The summed E-state index contributed by atoms with van der Waals surface area (Å²) in [6, 6.07) is 2.00. The number of hydrogen-bond donors (Lipinski definition) is 3. The zero-order chi connectivity index (χ0) is 13.1. The molecule has 0 atom stereocenters. The number of thiophene rings is 1. The Hall–Kier alpha value is -2.19. The maximum absolute atomic E-state index is 5.37. The number of rotatable bonds is 5. The molecule has 7 nitrogen and oxygen atoms in total. The van der Waals surface area contributed by atoms with Gasteiger partial charge in [-0.15, -0.1) is 11.3 Å². The third-order valence-electron chi connectivity index (χ3n) is 2.68. The van der Waals surface area contributed by atoms with Gasteiger partial charge >= 0.3 is 0 Å². The van der Waals surface area contributed by atoms with E-state index >= 15 is 0 Å². The Labute approximate surface area is 113 Å². The van der Waals surface area contributed by atoms with E-state index < -0.39 is 0 Å². The first-order valence-corrected chi connectivity index (χ1v) is 6.66. The number of hydrazine groups is 1. The lowest BCUT2D eigenvalue weighted by Gasteiger charge is -2.08. The van der Waals surface area contributed by atoms with Gasteiger partial charge in [0.25, 0.3) is 0 Å². The number of imidazole rings is 1. The average molecular weight is 275 g/mol. The van der Waals surface area contributed by atoms with E-state index in [0.717, 1.165) is 29.1 Å². The first kappa shape index (κ1) is 11.9. The van der Waals surface area contributed by atoms with Gasteiger partial charge in [-0.25, -0.2) is 15.8 Å². The minimum Gasteiger partial charge on any atom is -0.368 e. The predicted octanol–water partition coefficient (Wildman–Crippen LogP) is 1.29. The standard InChI is InChI=1S/C11H13N7S/c12-17-11-15-9(8-1-6-19-10(8)16-11)14-3-5-18-4-2-13-7-18/h1-2,4,6-7H,3,5,12H2,(H2,14,15,16,17). The van der Waals surface area contributed by atoms with Gasteiger partial charge in [0, 0.05) is 25.5 Å². The molecule has 0 aliphatic carbocycles. The maximum Gasteiger partial charge on any atom is 0.240 e. The first-order chi connectivity index (χ1) is 9.36. The largest absolute Gasteiger partial charge is 0.368 e. The van der Waals surface area contributed by atoms with Gasteiger partial charge in [-0.1, -0.05) is 0 Å². The number of nitrogens with two attached hydrogens (primary N) is 1. The van der Waals surface area contributed by atoms with Crippen LogP contribution in [0.25, 0.3) is 10.2 Å². The molecule has 0 amide bonds. The fraction of sp³-hybridized carbons (Fsp3) is 0.182. The Balaban J connectivity index is 1.77. The number of nitrogens with zero attached hydrogens (tertiary/aromatic N) is 4. The highest BCUT2D eigenvalue weighted by atomic mass is 32.1. The predicted molar refractivity (Wildman–Crippen MR) is 75.9 cm³/mol. The van der Waals surface area contributed by atoms with Crippen molar-refractivity contribution in [3.63, 3.8) is 0 Å². The lowest BCUT2D eigenvalue weighted by molar-refractivity contribution is 0.726. The van der Waals surface area contributed by atoms with Crippen molar-refractivity contribution in [3.8, 4) is 0 Å². The summed E-state index contributed by atoms with van der Waals surface area (Å²) in [4.78, 5) is 13.5. The van der Waals surface area contributed by atoms with Gasteiger partial charge in [-0.3, -0.25) is 5.43 Å². The topological polar surface area (TPSA) is 93.7 Å². The van der Waals surface area contributed by atoms with E-state index in [2.05, 4.69) is 25.7 Å². The summed E-state index contributed by atoms with van der Waals surface area (Å²) in [6.45, 7) is 1.57. The van der Waals surface area contributed by atoms with Crippen LogP contribution in [0.2, 0.25) is 0 Å². The van der Waals surface area contributed by atoms with Gasteiger partial charge in [-0.2, -0.15) is 4.98 Å². The molecule has 0 aliphatic rings. The van der Waals surface area contributed by atoms with Gasteiger partial charge < -0.3 is 9.88 Å². The smallest absolute Gasteiger partial charge is 0.240 e. The lowest BCUT2D eigenvalue weighted by atomic mass is 10.4. The van der Waals surface area contributed by atoms with Crippen LogP contribution < -0.4 is 16.6 Å².